The average molecular weight is 270 g/mol. The van der Waals surface area contributed by atoms with Gasteiger partial charge in [0.15, 0.2) is 0 Å². The third-order valence-electron chi connectivity index (χ3n) is 3.08. The monoisotopic (exact) mass is 270 g/mol. The highest BCUT2D eigenvalue weighted by molar-refractivity contribution is 7.99. The van der Waals surface area contributed by atoms with Crippen LogP contribution in [0.5, 0.6) is 5.75 Å². The molecule has 0 bridgehead atoms. The lowest BCUT2D eigenvalue weighted by Gasteiger charge is -2.19. The van der Waals surface area contributed by atoms with E-state index in [2.05, 4.69) is 0 Å². The topological polar surface area (TPSA) is 46.5 Å². The van der Waals surface area contributed by atoms with Gasteiger partial charge in [0.2, 0.25) is 0 Å². The highest BCUT2D eigenvalue weighted by Crippen LogP contribution is 2.30. The summed E-state index contributed by atoms with van der Waals surface area (Å²) in [6.45, 7) is 0.101. The van der Waals surface area contributed by atoms with Crippen molar-refractivity contribution in [2.24, 2.45) is 11.8 Å². The van der Waals surface area contributed by atoms with Crippen molar-refractivity contribution in [1.29, 1.82) is 0 Å². The number of halogens is 1. The van der Waals surface area contributed by atoms with Gasteiger partial charge in [0.05, 0.1) is 5.92 Å². The molecule has 2 rings (SSSR count). The van der Waals surface area contributed by atoms with Crippen molar-refractivity contribution in [3.05, 3.63) is 30.1 Å². The summed E-state index contributed by atoms with van der Waals surface area (Å²) in [6.07, 6.45) is 0.911. The molecule has 1 aromatic rings. The Morgan fingerprint density at radius 3 is 3.06 bits per heavy atom. The number of rotatable bonds is 5. The summed E-state index contributed by atoms with van der Waals surface area (Å²) in [5.74, 6) is 0.684. The highest BCUT2D eigenvalue weighted by Gasteiger charge is 2.31. The van der Waals surface area contributed by atoms with E-state index in [0.717, 1.165) is 17.9 Å². The van der Waals surface area contributed by atoms with Gasteiger partial charge in [-0.3, -0.25) is 4.79 Å². The summed E-state index contributed by atoms with van der Waals surface area (Å²) in [4.78, 5) is 11.2. The number of aliphatic carboxylic acids is 1. The van der Waals surface area contributed by atoms with E-state index >= 15 is 0 Å². The van der Waals surface area contributed by atoms with Crippen LogP contribution in [0.1, 0.15) is 6.42 Å². The number of ether oxygens (including phenoxy) is 1. The Morgan fingerprint density at radius 2 is 2.44 bits per heavy atom. The minimum absolute atomic E-state index is 0.101. The lowest BCUT2D eigenvalue weighted by atomic mass is 9.93. The van der Waals surface area contributed by atoms with Crippen molar-refractivity contribution in [3.8, 4) is 5.75 Å². The maximum atomic E-state index is 13.0. The molecule has 0 saturated carbocycles. The summed E-state index contributed by atoms with van der Waals surface area (Å²) >= 11 is 1.77. The summed E-state index contributed by atoms with van der Waals surface area (Å²) in [7, 11) is 0. The van der Waals surface area contributed by atoms with Crippen LogP contribution in [-0.4, -0.2) is 29.2 Å². The van der Waals surface area contributed by atoms with Crippen LogP contribution in [0, 0.1) is 17.7 Å². The molecule has 1 N–H and O–H groups in total. The number of carboxylic acids is 1. The average Bonchev–Trinajstić information content (AvgIpc) is 2.82. The van der Waals surface area contributed by atoms with Crippen LogP contribution in [0.2, 0.25) is 0 Å². The van der Waals surface area contributed by atoms with Crippen molar-refractivity contribution in [2.75, 3.05) is 18.1 Å². The summed E-state index contributed by atoms with van der Waals surface area (Å²) < 4.78 is 18.3. The Kier molecular flexibility index (Phi) is 4.47. The Hall–Kier alpha value is -1.23. The van der Waals surface area contributed by atoms with Gasteiger partial charge in [0, 0.05) is 6.07 Å². The Bertz CT molecular complexity index is 418. The molecule has 2 atom stereocenters. The first-order valence-electron chi connectivity index (χ1n) is 5.85. The predicted molar refractivity (Wildman–Crippen MR) is 68.5 cm³/mol. The molecule has 98 valence electrons. The zero-order chi connectivity index (χ0) is 13.0. The molecule has 5 heteroatoms. The van der Waals surface area contributed by atoms with E-state index in [1.54, 1.807) is 23.9 Å². The van der Waals surface area contributed by atoms with Crippen LogP contribution in [0.15, 0.2) is 24.3 Å². The second kappa shape index (κ2) is 6.09. The molecule has 3 nitrogen and oxygen atoms in total. The molecule has 0 aromatic heterocycles. The minimum atomic E-state index is -0.834. The fourth-order valence-corrected chi connectivity index (χ4v) is 3.36. The van der Waals surface area contributed by atoms with Gasteiger partial charge in [-0.15, -0.1) is 0 Å². The van der Waals surface area contributed by atoms with Gasteiger partial charge in [0.25, 0.3) is 0 Å². The maximum absolute atomic E-state index is 13.0. The molecule has 1 fully saturated rings. The van der Waals surface area contributed by atoms with E-state index in [0.29, 0.717) is 5.75 Å². The zero-order valence-electron chi connectivity index (χ0n) is 9.84. The fourth-order valence-electron chi connectivity index (χ4n) is 2.02. The van der Waals surface area contributed by atoms with Gasteiger partial charge in [-0.2, -0.15) is 11.8 Å². The van der Waals surface area contributed by atoms with E-state index in [1.807, 2.05) is 0 Å². The first-order chi connectivity index (χ1) is 8.66. The van der Waals surface area contributed by atoms with E-state index in [1.165, 1.54) is 12.1 Å². The van der Waals surface area contributed by atoms with Crippen LogP contribution in [0.4, 0.5) is 4.39 Å². The van der Waals surface area contributed by atoms with Crippen LogP contribution in [-0.2, 0) is 4.79 Å². The SMILES string of the molecule is O=C(O)C(COc1cccc(F)c1)C1CCSC1. The van der Waals surface area contributed by atoms with Gasteiger partial charge in [-0.1, -0.05) is 6.07 Å². The minimum Gasteiger partial charge on any atom is -0.493 e. The van der Waals surface area contributed by atoms with Crippen LogP contribution in [0.25, 0.3) is 0 Å². The normalized spacial score (nSPS) is 20.6. The smallest absolute Gasteiger partial charge is 0.310 e. The molecule has 1 aliphatic heterocycles. The number of carboxylic acid groups (broad SMARTS) is 1. The van der Waals surface area contributed by atoms with Gasteiger partial charge in [-0.25, -0.2) is 4.39 Å². The van der Waals surface area contributed by atoms with Crippen molar-refractivity contribution >= 4 is 17.7 Å². The van der Waals surface area contributed by atoms with Crippen LogP contribution in [0.3, 0.4) is 0 Å². The lowest BCUT2D eigenvalue weighted by molar-refractivity contribution is -0.144. The molecule has 1 aliphatic rings. The van der Waals surface area contributed by atoms with Gasteiger partial charge in [-0.05, 0) is 36.0 Å². The molecule has 2 unspecified atom stereocenters. The molecule has 18 heavy (non-hydrogen) atoms. The van der Waals surface area contributed by atoms with Crippen molar-refractivity contribution in [3.63, 3.8) is 0 Å². The van der Waals surface area contributed by atoms with E-state index in [-0.39, 0.29) is 18.3 Å². The Balaban J connectivity index is 1.95. The lowest BCUT2D eigenvalue weighted by Crippen LogP contribution is -2.29. The van der Waals surface area contributed by atoms with Gasteiger partial charge in [0.1, 0.15) is 18.2 Å². The van der Waals surface area contributed by atoms with E-state index < -0.39 is 11.9 Å². The molecule has 0 aliphatic carbocycles. The predicted octanol–water partition coefficient (Wildman–Crippen LogP) is 2.66. The quantitative estimate of drug-likeness (QED) is 0.893. The Labute approximate surface area is 109 Å². The number of benzene rings is 1. The second-order valence-corrected chi connectivity index (χ2v) is 5.49. The number of thioether (sulfide) groups is 1. The maximum Gasteiger partial charge on any atom is 0.310 e. The van der Waals surface area contributed by atoms with E-state index in [4.69, 9.17) is 4.74 Å². The summed E-state index contributed by atoms with van der Waals surface area (Å²) in [6, 6.07) is 5.77. The second-order valence-electron chi connectivity index (χ2n) is 4.34. The first kappa shape index (κ1) is 13.2. The van der Waals surface area contributed by atoms with Crippen LogP contribution >= 0.6 is 11.8 Å². The molecule has 0 radical (unpaired) electrons. The van der Waals surface area contributed by atoms with Gasteiger partial charge >= 0.3 is 5.97 Å². The molecule has 0 amide bonds. The zero-order valence-corrected chi connectivity index (χ0v) is 10.7. The highest BCUT2D eigenvalue weighted by atomic mass is 32.2. The van der Waals surface area contributed by atoms with E-state index in [9.17, 15) is 14.3 Å². The molecular formula is C13H15FO3S. The summed E-state index contributed by atoms with van der Waals surface area (Å²) in [5.41, 5.74) is 0. The standard InChI is InChI=1S/C13H15FO3S/c14-10-2-1-3-11(6-10)17-7-12(13(15)16)9-4-5-18-8-9/h1-3,6,9,12H,4-5,7-8H2,(H,15,16). The number of carbonyl (C=O) groups is 1. The number of hydrogen-bond acceptors (Lipinski definition) is 3. The fraction of sp³-hybridized carbons (Fsp3) is 0.462. The molecule has 1 aromatic carbocycles. The van der Waals surface area contributed by atoms with Crippen molar-refractivity contribution < 1.29 is 19.0 Å². The first-order valence-corrected chi connectivity index (χ1v) is 7.01. The molecule has 1 saturated heterocycles. The number of hydrogen-bond donors (Lipinski definition) is 1. The van der Waals surface area contributed by atoms with Crippen molar-refractivity contribution in [1.82, 2.24) is 0 Å². The molecule has 0 spiro atoms. The third-order valence-corrected chi connectivity index (χ3v) is 4.27. The summed E-state index contributed by atoms with van der Waals surface area (Å²) in [5, 5.41) is 9.20. The molecule has 1 heterocycles. The molecular weight excluding hydrogens is 255 g/mol. The third kappa shape index (κ3) is 3.38. The largest absolute Gasteiger partial charge is 0.493 e. The van der Waals surface area contributed by atoms with Crippen LogP contribution < -0.4 is 4.74 Å². The van der Waals surface area contributed by atoms with Gasteiger partial charge < -0.3 is 9.84 Å². The van der Waals surface area contributed by atoms with Crippen molar-refractivity contribution in [2.45, 2.75) is 6.42 Å². The Morgan fingerprint density at radius 1 is 1.61 bits per heavy atom.